The molecule has 3 aliphatic heterocycles. The highest BCUT2D eigenvalue weighted by molar-refractivity contribution is 5.03. The largest absolute Gasteiger partial charge is 0.313 e. The third kappa shape index (κ3) is 1.31. The zero-order chi connectivity index (χ0) is 8.84. The summed E-state index contributed by atoms with van der Waals surface area (Å²) in [5, 5.41) is 3.60. The van der Waals surface area contributed by atoms with Crippen LogP contribution in [-0.4, -0.2) is 37.1 Å². The fourth-order valence-corrected chi connectivity index (χ4v) is 3.35. The molecule has 0 spiro atoms. The maximum Gasteiger partial charge on any atom is 0.0114 e. The van der Waals surface area contributed by atoms with Crippen molar-refractivity contribution < 1.29 is 0 Å². The van der Waals surface area contributed by atoms with Gasteiger partial charge in [0.2, 0.25) is 0 Å². The van der Waals surface area contributed by atoms with Crippen LogP contribution in [-0.2, 0) is 0 Å². The predicted octanol–water partition coefficient (Wildman–Crippen LogP) is 0.936. The van der Waals surface area contributed by atoms with Crippen LogP contribution in [0.15, 0.2) is 0 Å². The lowest BCUT2D eigenvalue weighted by atomic mass is 9.74. The minimum absolute atomic E-state index is 0.890. The summed E-state index contributed by atoms with van der Waals surface area (Å²) in [5.74, 6) is 2.98. The van der Waals surface area contributed by atoms with E-state index in [0.717, 1.165) is 23.8 Å². The van der Waals surface area contributed by atoms with Crippen molar-refractivity contribution in [1.82, 2.24) is 10.2 Å². The Bertz CT molecular complexity index is 190. The molecule has 2 nitrogen and oxygen atoms in total. The summed E-state index contributed by atoms with van der Waals surface area (Å²) >= 11 is 0. The van der Waals surface area contributed by atoms with Crippen LogP contribution in [0.3, 0.4) is 0 Å². The van der Waals surface area contributed by atoms with Crippen LogP contribution in [0.2, 0.25) is 0 Å². The molecule has 2 bridgehead atoms. The number of hydrogen-bond donors (Lipinski definition) is 1. The number of hydrogen-bond acceptors (Lipinski definition) is 2. The van der Waals surface area contributed by atoms with Gasteiger partial charge in [-0.3, -0.25) is 0 Å². The van der Waals surface area contributed by atoms with Gasteiger partial charge >= 0.3 is 0 Å². The van der Waals surface area contributed by atoms with Crippen LogP contribution in [0.5, 0.6) is 0 Å². The van der Waals surface area contributed by atoms with Crippen LogP contribution in [0, 0.1) is 17.8 Å². The number of fused-ring (bicyclic) bond motifs is 1. The van der Waals surface area contributed by atoms with E-state index < -0.39 is 0 Å². The van der Waals surface area contributed by atoms with Gasteiger partial charge in [-0.2, -0.15) is 0 Å². The molecule has 1 saturated carbocycles. The highest BCUT2D eigenvalue weighted by Crippen LogP contribution is 2.40. The summed E-state index contributed by atoms with van der Waals surface area (Å²) in [6, 6.07) is 0.890. The lowest BCUT2D eigenvalue weighted by molar-refractivity contribution is 0.146. The Morgan fingerprint density at radius 2 is 2.38 bits per heavy atom. The van der Waals surface area contributed by atoms with E-state index in [1.54, 1.807) is 0 Å². The van der Waals surface area contributed by atoms with Gasteiger partial charge in [0.05, 0.1) is 0 Å². The van der Waals surface area contributed by atoms with E-state index in [1.165, 1.54) is 39.0 Å². The van der Waals surface area contributed by atoms with Gasteiger partial charge in [-0.25, -0.2) is 0 Å². The molecular weight excluding hydrogens is 160 g/mol. The van der Waals surface area contributed by atoms with Crippen LogP contribution >= 0.6 is 0 Å². The van der Waals surface area contributed by atoms with E-state index in [0.29, 0.717) is 0 Å². The maximum atomic E-state index is 3.60. The molecule has 0 radical (unpaired) electrons. The highest BCUT2D eigenvalue weighted by Gasteiger charge is 2.47. The van der Waals surface area contributed by atoms with Crippen molar-refractivity contribution in [3.8, 4) is 0 Å². The fourth-order valence-electron chi connectivity index (χ4n) is 3.35. The van der Waals surface area contributed by atoms with E-state index >= 15 is 0 Å². The third-order valence-electron chi connectivity index (χ3n) is 4.30. The van der Waals surface area contributed by atoms with Gasteiger partial charge in [0.1, 0.15) is 0 Å². The van der Waals surface area contributed by atoms with E-state index in [9.17, 15) is 0 Å². The van der Waals surface area contributed by atoms with E-state index in [4.69, 9.17) is 0 Å². The lowest BCUT2D eigenvalue weighted by Gasteiger charge is -2.37. The molecule has 4 aliphatic rings. The SMILES string of the molecule is CC1CCN(CC2C3CNC2C3)C1. The molecule has 0 aromatic carbocycles. The van der Waals surface area contributed by atoms with Gasteiger partial charge in [0, 0.05) is 19.1 Å². The lowest BCUT2D eigenvalue weighted by Crippen LogP contribution is -2.44. The maximum absolute atomic E-state index is 3.60. The Labute approximate surface area is 80.7 Å². The zero-order valence-electron chi connectivity index (χ0n) is 8.50. The summed E-state index contributed by atoms with van der Waals surface area (Å²) < 4.78 is 0. The number of rotatable bonds is 2. The van der Waals surface area contributed by atoms with Crippen LogP contribution in [0.25, 0.3) is 0 Å². The summed E-state index contributed by atoms with van der Waals surface area (Å²) in [5.41, 5.74) is 0. The van der Waals surface area contributed by atoms with Crippen molar-refractivity contribution in [1.29, 1.82) is 0 Å². The third-order valence-corrected chi connectivity index (χ3v) is 4.30. The van der Waals surface area contributed by atoms with Crippen molar-refractivity contribution >= 4 is 0 Å². The van der Waals surface area contributed by atoms with Gasteiger partial charge < -0.3 is 10.2 Å². The predicted molar refractivity (Wildman–Crippen MR) is 53.6 cm³/mol. The summed E-state index contributed by atoms with van der Waals surface area (Å²) in [4.78, 5) is 2.68. The van der Waals surface area contributed by atoms with Crippen molar-refractivity contribution in [2.24, 2.45) is 17.8 Å². The first-order valence-electron chi connectivity index (χ1n) is 5.78. The fraction of sp³-hybridized carbons (Fsp3) is 1.00. The topological polar surface area (TPSA) is 15.3 Å². The van der Waals surface area contributed by atoms with Crippen LogP contribution in [0.4, 0.5) is 0 Å². The first-order chi connectivity index (χ1) is 6.33. The molecule has 74 valence electrons. The Hall–Kier alpha value is -0.0800. The quantitative estimate of drug-likeness (QED) is 0.680. The number of nitrogens with one attached hydrogen (secondary N) is 1. The average Bonchev–Trinajstić information content (AvgIpc) is 2.73. The second-order valence-corrected chi connectivity index (χ2v) is 5.33. The van der Waals surface area contributed by atoms with Gasteiger partial charge in [-0.05, 0) is 43.7 Å². The van der Waals surface area contributed by atoms with Gasteiger partial charge in [-0.1, -0.05) is 6.92 Å². The summed E-state index contributed by atoms with van der Waals surface area (Å²) in [7, 11) is 0. The minimum Gasteiger partial charge on any atom is -0.313 e. The molecule has 0 aromatic rings. The van der Waals surface area contributed by atoms with Crippen molar-refractivity contribution in [3.05, 3.63) is 0 Å². The van der Waals surface area contributed by atoms with Gasteiger partial charge in [0.15, 0.2) is 0 Å². The smallest absolute Gasteiger partial charge is 0.0114 e. The van der Waals surface area contributed by atoms with E-state index in [-0.39, 0.29) is 0 Å². The molecule has 4 unspecified atom stereocenters. The second kappa shape index (κ2) is 2.96. The van der Waals surface area contributed by atoms with E-state index in [1.807, 2.05) is 0 Å². The normalized spacial score (nSPS) is 49.6. The van der Waals surface area contributed by atoms with Crippen molar-refractivity contribution in [3.63, 3.8) is 0 Å². The highest BCUT2D eigenvalue weighted by atomic mass is 15.2. The Kier molecular flexibility index (Phi) is 1.88. The van der Waals surface area contributed by atoms with Crippen LogP contribution < -0.4 is 5.32 Å². The molecular formula is C11H20N2. The number of likely N-dealkylation sites (tertiary alicyclic amines) is 1. The van der Waals surface area contributed by atoms with E-state index in [2.05, 4.69) is 17.1 Å². The molecule has 4 atom stereocenters. The molecule has 3 heterocycles. The standard InChI is InChI=1S/C11H20N2/c1-8-2-3-13(6-8)7-10-9-4-11(10)12-5-9/h8-12H,2-7H2,1H3. The Balaban J connectivity index is 1.53. The van der Waals surface area contributed by atoms with Crippen molar-refractivity contribution in [2.75, 3.05) is 26.2 Å². The molecule has 1 aliphatic carbocycles. The molecule has 1 N–H and O–H groups in total. The molecule has 4 rings (SSSR count). The Morgan fingerprint density at radius 1 is 1.46 bits per heavy atom. The van der Waals surface area contributed by atoms with Gasteiger partial charge in [-0.15, -0.1) is 0 Å². The molecule has 2 heteroatoms. The monoisotopic (exact) mass is 180 g/mol. The first-order valence-corrected chi connectivity index (χ1v) is 5.78. The second-order valence-electron chi connectivity index (χ2n) is 5.33. The first kappa shape index (κ1) is 8.25. The molecule has 13 heavy (non-hydrogen) atoms. The average molecular weight is 180 g/mol. The molecule has 0 amide bonds. The minimum atomic E-state index is 0.890. The number of nitrogens with zero attached hydrogens (tertiary/aromatic N) is 1. The summed E-state index contributed by atoms with van der Waals surface area (Å²) in [6.45, 7) is 7.78. The Morgan fingerprint density at radius 3 is 2.92 bits per heavy atom. The van der Waals surface area contributed by atoms with Crippen molar-refractivity contribution in [2.45, 2.75) is 25.8 Å². The summed E-state index contributed by atoms with van der Waals surface area (Å²) in [6.07, 6.45) is 2.89. The molecule has 3 saturated heterocycles. The van der Waals surface area contributed by atoms with Gasteiger partial charge in [0.25, 0.3) is 0 Å². The zero-order valence-corrected chi connectivity index (χ0v) is 8.50. The molecule has 4 fully saturated rings. The molecule has 0 aromatic heterocycles. The van der Waals surface area contributed by atoms with Crippen LogP contribution in [0.1, 0.15) is 19.8 Å².